The van der Waals surface area contributed by atoms with Crippen LogP contribution >= 0.6 is 27.7 Å². The van der Waals surface area contributed by atoms with E-state index in [9.17, 15) is 19.5 Å². The Hall–Kier alpha value is -1.78. The van der Waals surface area contributed by atoms with Gasteiger partial charge in [0.1, 0.15) is 11.8 Å². The van der Waals surface area contributed by atoms with Gasteiger partial charge in [-0.15, -0.1) is 11.8 Å². The number of aliphatic hydroxyl groups excluding tert-OH is 1. The van der Waals surface area contributed by atoms with Crippen molar-refractivity contribution in [3.63, 3.8) is 0 Å². The van der Waals surface area contributed by atoms with Crippen LogP contribution in [0, 0.1) is 11.8 Å². The minimum Gasteiger partial charge on any atom is -0.494 e. The van der Waals surface area contributed by atoms with Crippen LogP contribution in [0.5, 0.6) is 5.75 Å². The van der Waals surface area contributed by atoms with Gasteiger partial charge >= 0.3 is 0 Å². The zero-order valence-corrected chi connectivity index (χ0v) is 22.6. The molecule has 6 atom stereocenters. The number of carbonyl (C=O) groups excluding carboxylic acids is 3. The summed E-state index contributed by atoms with van der Waals surface area (Å²) in [5.74, 6) is -1.08. The number of rotatable bonds is 11. The summed E-state index contributed by atoms with van der Waals surface area (Å²) in [6, 6.07) is 6.46. The molecule has 4 rings (SSSR count). The molecular weight excluding hydrogens is 534 g/mol. The van der Waals surface area contributed by atoms with Crippen LogP contribution in [0.15, 0.2) is 24.3 Å². The second-order valence-electron chi connectivity index (χ2n) is 9.36. The van der Waals surface area contributed by atoms with Gasteiger partial charge in [-0.1, -0.05) is 35.7 Å². The number of aliphatic hydroxyl groups is 1. The van der Waals surface area contributed by atoms with Crippen LogP contribution in [0.25, 0.3) is 0 Å². The zero-order valence-electron chi connectivity index (χ0n) is 20.2. The van der Waals surface area contributed by atoms with Crippen molar-refractivity contribution in [1.29, 1.82) is 0 Å². The van der Waals surface area contributed by atoms with E-state index in [2.05, 4.69) is 33.5 Å². The number of anilines is 1. The Bertz CT molecular complexity index is 948. The summed E-state index contributed by atoms with van der Waals surface area (Å²) < 4.78 is 4.78. The number of hydrogen-bond donors (Lipinski definition) is 3. The lowest BCUT2D eigenvalue weighted by molar-refractivity contribution is -0.139. The van der Waals surface area contributed by atoms with Crippen molar-refractivity contribution >= 4 is 51.1 Å². The zero-order chi connectivity index (χ0) is 25.2. The Labute approximate surface area is 219 Å². The molecule has 3 heterocycles. The first-order valence-corrected chi connectivity index (χ1v) is 14.2. The number of nitrogens with zero attached hydrogens (tertiary/aromatic N) is 1. The van der Waals surface area contributed by atoms with Gasteiger partial charge in [-0.2, -0.15) is 0 Å². The van der Waals surface area contributed by atoms with E-state index in [4.69, 9.17) is 4.74 Å². The van der Waals surface area contributed by atoms with Crippen molar-refractivity contribution in [2.24, 2.45) is 11.8 Å². The fraction of sp³-hybridized carbons (Fsp3) is 0.640. The summed E-state index contributed by atoms with van der Waals surface area (Å²) in [6.45, 7) is 4.97. The van der Waals surface area contributed by atoms with E-state index >= 15 is 0 Å². The molecular formula is C25H34BrN3O5S. The third kappa shape index (κ3) is 4.81. The highest BCUT2D eigenvalue weighted by molar-refractivity contribution is 9.09. The van der Waals surface area contributed by atoms with Gasteiger partial charge in [0.15, 0.2) is 0 Å². The lowest BCUT2D eigenvalue weighted by Crippen LogP contribution is -2.54. The maximum absolute atomic E-state index is 13.7. The number of hydrogen-bond acceptors (Lipinski definition) is 6. The lowest BCUT2D eigenvalue weighted by Gasteiger charge is -2.35. The highest BCUT2D eigenvalue weighted by Crippen LogP contribution is 2.67. The van der Waals surface area contributed by atoms with Crippen molar-refractivity contribution in [3.05, 3.63) is 24.3 Å². The SMILES string of the molecule is CCCCCNC(=O)C1N(CCO)C(=O)[C@@H]2[C@@H](C(=O)Nc3ccc(OCC)cc3)[C@@H]3SC12CC3Br. The number of unbranched alkanes of at least 4 members (excludes halogenated alkanes) is 2. The molecule has 3 aliphatic rings. The number of alkyl halides is 1. The van der Waals surface area contributed by atoms with Crippen molar-refractivity contribution in [2.75, 3.05) is 31.6 Å². The summed E-state index contributed by atoms with van der Waals surface area (Å²) in [6.07, 6.45) is 3.57. The van der Waals surface area contributed by atoms with Gasteiger partial charge in [0.05, 0.1) is 29.8 Å². The molecule has 2 bridgehead atoms. The number of ether oxygens (including phenoxy) is 1. The number of nitrogens with one attached hydrogen (secondary N) is 2. The van der Waals surface area contributed by atoms with Gasteiger partial charge in [-0.25, -0.2) is 0 Å². The van der Waals surface area contributed by atoms with Gasteiger partial charge < -0.3 is 25.4 Å². The Kier molecular flexibility index (Phi) is 8.33. The third-order valence-electron chi connectivity index (χ3n) is 7.19. The standard InChI is InChI=1S/C25H34BrN3O5S/c1-3-5-6-11-27-23(32)21-25-14-17(26)20(35-25)18(19(25)24(33)29(21)12-13-30)22(31)28-15-7-9-16(10-8-15)34-4-2/h7-10,17-21,30H,3-6,11-14H2,1-2H3,(H,27,32)(H,28,31)/t17?,18-,19+,20-,21?,25?/m1/s1. The van der Waals surface area contributed by atoms with Crippen molar-refractivity contribution < 1.29 is 24.2 Å². The highest BCUT2D eigenvalue weighted by Gasteiger charge is 2.75. The maximum atomic E-state index is 13.7. The molecule has 0 aromatic heterocycles. The summed E-state index contributed by atoms with van der Waals surface area (Å²) in [7, 11) is 0. The van der Waals surface area contributed by atoms with Crippen LogP contribution in [0.2, 0.25) is 0 Å². The van der Waals surface area contributed by atoms with E-state index in [0.717, 1.165) is 25.0 Å². The number of thioether (sulfide) groups is 1. The van der Waals surface area contributed by atoms with E-state index in [1.54, 1.807) is 36.0 Å². The van der Waals surface area contributed by atoms with Crippen molar-refractivity contribution in [1.82, 2.24) is 10.2 Å². The first-order chi connectivity index (χ1) is 16.9. The summed E-state index contributed by atoms with van der Waals surface area (Å²) in [5, 5.41) is 15.6. The van der Waals surface area contributed by atoms with E-state index < -0.39 is 22.6 Å². The number of likely N-dealkylation sites (tertiary alicyclic amines) is 1. The minimum absolute atomic E-state index is 0.0112. The predicted molar refractivity (Wildman–Crippen MR) is 140 cm³/mol. The number of fused-ring (bicyclic) bond motifs is 1. The Morgan fingerprint density at radius 3 is 2.63 bits per heavy atom. The number of β-amino-alcohol motifs (C(OH)–C–C–N with tert-alkyl or cyclic N) is 1. The summed E-state index contributed by atoms with van der Waals surface area (Å²) in [4.78, 5) is 42.1. The van der Waals surface area contributed by atoms with Crippen molar-refractivity contribution in [2.45, 2.75) is 60.4 Å². The molecule has 3 amide bonds. The summed E-state index contributed by atoms with van der Waals surface area (Å²) >= 11 is 5.34. The second kappa shape index (κ2) is 11.1. The van der Waals surface area contributed by atoms with E-state index in [1.165, 1.54) is 4.90 Å². The number of amides is 3. The molecule has 35 heavy (non-hydrogen) atoms. The minimum atomic E-state index is -0.702. The molecule has 0 saturated carbocycles. The second-order valence-corrected chi connectivity index (χ2v) is 12.1. The Morgan fingerprint density at radius 1 is 1.23 bits per heavy atom. The average molecular weight is 569 g/mol. The normalized spacial score (nSPS) is 30.9. The van der Waals surface area contributed by atoms with Crippen LogP contribution in [-0.2, 0) is 14.4 Å². The first kappa shape index (κ1) is 26.3. The molecule has 8 nitrogen and oxygen atoms in total. The quantitative estimate of drug-likeness (QED) is 0.280. The topological polar surface area (TPSA) is 108 Å². The monoisotopic (exact) mass is 567 g/mol. The lowest BCUT2D eigenvalue weighted by atomic mass is 9.70. The van der Waals surface area contributed by atoms with Crippen LogP contribution in [0.1, 0.15) is 39.5 Å². The van der Waals surface area contributed by atoms with Crippen LogP contribution < -0.4 is 15.4 Å². The molecule has 3 unspecified atom stereocenters. The fourth-order valence-corrected chi connectivity index (χ4v) is 9.40. The third-order valence-corrected chi connectivity index (χ3v) is 10.4. The molecule has 1 aromatic rings. The van der Waals surface area contributed by atoms with E-state index in [-0.39, 0.29) is 41.0 Å². The molecule has 10 heteroatoms. The Morgan fingerprint density at radius 2 is 1.97 bits per heavy atom. The number of halogens is 1. The number of benzene rings is 1. The van der Waals surface area contributed by atoms with Crippen LogP contribution in [0.3, 0.4) is 0 Å². The fourth-order valence-electron chi connectivity index (χ4n) is 5.79. The molecule has 0 aliphatic carbocycles. The maximum Gasteiger partial charge on any atom is 0.244 e. The summed E-state index contributed by atoms with van der Waals surface area (Å²) in [5.41, 5.74) is 0.634. The van der Waals surface area contributed by atoms with Crippen LogP contribution in [0.4, 0.5) is 5.69 Å². The van der Waals surface area contributed by atoms with Gasteiger partial charge in [-0.3, -0.25) is 14.4 Å². The molecule has 1 spiro atoms. The molecule has 192 valence electrons. The van der Waals surface area contributed by atoms with Gasteiger partial charge in [0.2, 0.25) is 17.7 Å². The molecule has 3 aliphatic heterocycles. The molecule has 3 saturated heterocycles. The average Bonchev–Trinajstić information content (AvgIpc) is 3.42. The van der Waals surface area contributed by atoms with Crippen molar-refractivity contribution in [3.8, 4) is 5.75 Å². The number of carbonyl (C=O) groups is 3. The van der Waals surface area contributed by atoms with Crippen LogP contribution in [-0.4, -0.2) is 74.9 Å². The Balaban J connectivity index is 1.57. The predicted octanol–water partition coefficient (Wildman–Crippen LogP) is 2.79. The van der Waals surface area contributed by atoms with E-state index in [0.29, 0.717) is 25.3 Å². The smallest absolute Gasteiger partial charge is 0.244 e. The highest BCUT2D eigenvalue weighted by atomic mass is 79.9. The molecule has 0 radical (unpaired) electrons. The first-order valence-electron chi connectivity index (χ1n) is 12.4. The van der Waals surface area contributed by atoms with E-state index in [1.807, 2.05) is 6.92 Å². The molecule has 3 N–H and O–H groups in total. The molecule has 3 fully saturated rings. The molecule has 1 aromatic carbocycles. The van der Waals surface area contributed by atoms with Gasteiger partial charge in [0, 0.05) is 28.9 Å². The van der Waals surface area contributed by atoms with Gasteiger partial charge in [0.25, 0.3) is 0 Å². The largest absolute Gasteiger partial charge is 0.494 e. The van der Waals surface area contributed by atoms with Gasteiger partial charge in [-0.05, 0) is 44.0 Å².